The van der Waals surface area contributed by atoms with E-state index in [0.29, 0.717) is 0 Å². The Kier molecular flexibility index (Phi) is 6.64. The number of hydrogen-bond donors (Lipinski definition) is 1. The normalized spacial score (nSPS) is 15.8. The fourth-order valence-corrected chi connectivity index (χ4v) is 7.15. The summed E-state index contributed by atoms with van der Waals surface area (Å²) in [5.74, 6) is 0. The number of fused-ring (bicyclic) bond motifs is 3. The van der Waals surface area contributed by atoms with Crippen LogP contribution in [0.1, 0.15) is 30.1 Å². The van der Waals surface area contributed by atoms with Crippen molar-refractivity contribution in [3.8, 4) is 33.5 Å². The molecule has 47 heavy (non-hydrogen) atoms. The first-order valence-electron chi connectivity index (χ1n) is 16.3. The Labute approximate surface area is 274 Å². The first kappa shape index (κ1) is 27.3. The molecule has 1 atom stereocenters. The third kappa shape index (κ3) is 4.69. The zero-order valence-corrected chi connectivity index (χ0v) is 25.8. The van der Waals surface area contributed by atoms with Gasteiger partial charge in [0, 0.05) is 38.9 Å². The average Bonchev–Trinajstić information content (AvgIpc) is 3.60. The molecule has 3 heterocycles. The SMILES string of the molecule is C1=CC2=C(CC1)NC(c1ccc(-c3c(-c4ccccc4)n4ncc(-c5ccccc5)c4c4ccccc34)cc1)N=C2c1ccccc1. The van der Waals surface area contributed by atoms with Crippen LogP contribution in [0.4, 0.5) is 0 Å². The summed E-state index contributed by atoms with van der Waals surface area (Å²) in [7, 11) is 0. The summed E-state index contributed by atoms with van der Waals surface area (Å²) in [6.45, 7) is 0. The maximum Gasteiger partial charge on any atom is 0.145 e. The molecule has 0 saturated carbocycles. The minimum absolute atomic E-state index is 0.156. The van der Waals surface area contributed by atoms with E-state index < -0.39 is 0 Å². The van der Waals surface area contributed by atoms with Crippen LogP contribution in [0.15, 0.2) is 174 Å². The van der Waals surface area contributed by atoms with Gasteiger partial charge >= 0.3 is 0 Å². The Bertz CT molecular complexity index is 2350. The molecule has 1 aliphatic heterocycles. The fraction of sp³-hybridized carbons (Fsp3) is 0.0698. The van der Waals surface area contributed by atoms with Gasteiger partial charge in [-0.2, -0.15) is 5.10 Å². The van der Waals surface area contributed by atoms with Gasteiger partial charge in [0.25, 0.3) is 0 Å². The highest BCUT2D eigenvalue weighted by molar-refractivity contribution is 6.15. The zero-order chi connectivity index (χ0) is 31.2. The van der Waals surface area contributed by atoms with E-state index in [4.69, 9.17) is 10.1 Å². The molecule has 1 N–H and O–H groups in total. The summed E-state index contributed by atoms with van der Waals surface area (Å²) in [5, 5.41) is 11.2. The maximum absolute atomic E-state index is 5.28. The van der Waals surface area contributed by atoms with Crippen molar-refractivity contribution in [3.05, 3.63) is 180 Å². The third-order valence-corrected chi connectivity index (χ3v) is 9.36. The summed E-state index contributed by atoms with van der Waals surface area (Å²) >= 11 is 0. The van der Waals surface area contributed by atoms with E-state index >= 15 is 0 Å². The van der Waals surface area contributed by atoms with Crippen molar-refractivity contribution in [3.63, 3.8) is 0 Å². The van der Waals surface area contributed by atoms with E-state index in [0.717, 1.165) is 63.1 Å². The number of aliphatic imine (C=N–C) groups is 1. The summed E-state index contributed by atoms with van der Waals surface area (Å²) in [4.78, 5) is 5.28. The lowest BCUT2D eigenvalue weighted by molar-refractivity contribution is 0.591. The second-order valence-corrected chi connectivity index (χ2v) is 12.2. The van der Waals surface area contributed by atoms with Crippen molar-refractivity contribution in [2.75, 3.05) is 0 Å². The summed E-state index contributed by atoms with van der Waals surface area (Å²) in [6.07, 6.45) is 8.36. The third-order valence-electron chi connectivity index (χ3n) is 9.36. The number of benzene rings is 5. The molecule has 5 aromatic carbocycles. The lowest BCUT2D eigenvalue weighted by Gasteiger charge is -2.29. The molecule has 0 spiro atoms. The molecule has 0 fully saturated rings. The van der Waals surface area contributed by atoms with Gasteiger partial charge in [-0.1, -0.05) is 152 Å². The molecule has 4 heteroatoms. The molecule has 1 unspecified atom stereocenters. The molecule has 0 saturated heterocycles. The highest BCUT2D eigenvalue weighted by Crippen LogP contribution is 2.43. The number of aromatic nitrogens is 2. The van der Waals surface area contributed by atoms with Gasteiger partial charge in [0.15, 0.2) is 0 Å². The van der Waals surface area contributed by atoms with E-state index in [1.54, 1.807) is 0 Å². The molecule has 0 radical (unpaired) electrons. The molecule has 7 aromatic rings. The Morgan fingerprint density at radius 1 is 0.617 bits per heavy atom. The Morgan fingerprint density at radius 2 is 1.26 bits per heavy atom. The second-order valence-electron chi connectivity index (χ2n) is 12.2. The van der Waals surface area contributed by atoms with Gasteiger partial charge in [-0.25, -0.2) is 4.52 Å². The highest BCUT2D eigenvalue weighted by atomic mass is 15.2. The van der Waals surface area contributed by atoms with Crippen LogP contribution >= 0.6 is 0 Å². The minimum Gasteiger partial charge on any atom is -0.363 e. The summed E-state index contributed by atoms with van der Waals surface area (Å²) in [6, 6.07) is 49.4. The molecular formula is C43H32N4. The van der Waals surface area contributed by atoms with Crippen LogP contribution in [0.2, 0.25) is 0 Å². The Hall–Kier alpha value is -6.00. The molecule has 4 nitrogen and oxygen atoms in total. The molecule has 1 aliphatic carbocycles. The fourth-order valence-electron chi connectivity index (χ4n) is 7.15. The highest BCUT2D eigenvalue weighted by Gasteiger charge is 2.26. The zero-order valence-electron chi connectivity index (χ0n) is 25.8. The number of rotatable bonds is 5. The summed E-state index contributed by atoms with van der Waals surface area (Å²) < 4.78 is 2.15. The smallest absolute Gasteiger partial charge is 0.145 e. The monoisotopic (exact) mass is 604 g/mol. The lowest BCUT2D eigenvalue weighted by atomic mass is 9.91. The number of pyridine rings is 1. The predicted molar refractivity (Wildman–Crippen MR) is 193 cm³/mol. The minimum atomic E-state index is -0.156. The summed E-state index contributed by atoms with van der Waals surface area (Å²) in [5.41, 5.74) is 13.7. The molecular weight excluding hydrogens is 573 g/mol. The molecule has 0 bridgehead atoms. The molecule has 2 aliphatic rings. The number of allylic oxidation sites excluding steroid dienone is 4. The largest absolute Gasteiger partial charge is 0.363 e. The number of nitrogens with one attached hydrogen (secondary N) is 1. The van der Waals surface area contributed by atoms with E-state index in [2.05, 4.69) is 162 Å². The molecule has 9 rings (SSSR count). The van der Waals surface area contributed by atoms with E-state index in [1.165, 1.54) is 27.6 Å². The van der Waals surface area contributed by atoms with Crippen molar-refractivity contribution < 1.29 is 0 Å². The van der Waals surface area contributed by atoms with Crippen LogP contribution in [-0.4, -0.2) is 15.3 Å². The first-order valence-corrected chi connectivity index (χ1v) is 16.3. The van der Waals surface area contributed by atoms with Crippen molar-refractivity contribution in [1.29, 1.82) is 0 Å². The van der Waals surface area contributed by atoms with Crippen LogP contribution < -0.4 is 5.32 Å². The van der Waals surface area contributed by atoms with Crippen molar-refractivity contribution in [2.24, 2.45) is 4.99 Å². The van der Waals surface area contributed by atoms with Gasteiger partial charge in [-0.15, -0.1) is 0 Å². The molecule has 0 amide bonds. The maximum atomic E-state index is 5.28. The number of hydrogen-bond acceptors (Lipinski definition) is 3. The van der Waals surface area contributed by atoms with Crippen LogP contribution in [0.3, 0.4) is 0 Å². The van der Waals surface area contributed by atoms with E-state index in [1.807, 2.05) is 6.20 Å². The van der Waals surface area contributed by atoms with Gasteiger partial charge in [0.2, 0.25) is 0 Å². The predicted octanol–water partition coefficient (Wildman–Crippen LogP) is 10.2. The van der Waals surface area contributed by atoms with Gasteiger partial charge in [0.1, 0.15) is 6.17 Å². The van der Waals surface area contributed by atoms with Gasteiger partial charge in [-0.3, -0.25) is 4.99 Å². The number of nitrogens with zero attached hydrogens (tertiary/aromatic N) is 3. The van der Waals surface area contributed by atoms with Gasteiger partial charge in [-0.05, 0) is 34.9 Å². The van der Waals surface area contributed by atoms with Crippen molar-refractivity contribution in [2.45, 2.75) is 19.0 Å². The van der Waals surface area contributed by atoms with E-state index in [-0.39, 0.29) is 6.17 Å². The molecule has 224 valence electrons. The van der Waals surface area contributed by atoms with Crippen LogP contribution in [0.5, 0.6) is 0 Å². The first-order chi connectivity index (χ1) is 23.3. The Morgan fingerprint density at radius 3 is 1.98 bits per heavy atom. The van der Waals surface area contributed by atoms with Crippen LogP contribution in [0.25, 0.3) is 49.8 Å². The second kappa shape index (κ2) is 11.4. The van der Waals surface area contributed by atoms with Gasteiger partial charge in [0.05, 0.1) is 23.1 Å². The standard InChI is InChI=1S/C43H32N4/c1-4-14-29(15-5-1)37-28-44-47-41(32-18-8-3-9-19-32)39(34-20-10-11-21-35(34)42(37)47)30-24-26-33(27-25-30)43-45-38-23-13-12-22-36(38)40(46-43)31-16-6-2-7-17-31/h1-12,14-22,24-28,43,45H,13,23H2. The molecule has 2 aromatic heterocycles. The van der Waals surface area contributed by atoms with Crippen LogP contribution in [0, 0.1) is 0 Å². The van der Waals surface area contributed by atoms with E-state index in [9.17, 15) is 0 Å². The average molecular weight is 605 g/mol. The quantitative estimate of drug-likeness (QED) is 0.212. The lowest BCUT2D eigenvalue weighted by Crippen LogP contribution is -2.29. The van der Waals surface area contributed by atoms with Gasteiger partial charge < -0.3 is 5.32 Å². The Balaban J connectivity index is 1.22. The van der Waals surface area contributed by atoms with Crippen LogP contribution in [-0.2, 0) is 0 Å². The topological polar surface area (TPSA) is 41.7 Å². The van der Waals surface area contributed by atoms with Crippen molar-refractivity contribution in [1.82, 2.24) is 14.9 Å². The van der Waals surface area contributed by atoms with Crippen molar-refractivity contribution >= 4 is 22.0 Å².